The van der Waals surface area contributed by atoms with Crippen LogP contribution in [0.5, 0.6) is 0 Å². The Hall–Kier alpha value is -5.68. The second-order valence-corrected chi connectivity index (χ2v) is 12.5. The quantitative estimate of drug-likeness (QED) is 0.173. The summed E-state index contributed by atoms with van der Waals surface area (Å²) in [6.07, 6.45) is -2.99. The van der Waals surface area contributed by atoms with Gasteiger partial charge in [-0.25, -0.2) is 0 Å². The zero-order chi connectivity index (χ0) is 32.4. The van der Waals surface area contributed by atoms with Gasteiger partial charge >= 0.3 is 6.18 Å². The predicted octanol–water partition coefficient (Wildman–Crippen LogP) is 12.2. The molecule has 0 fully saturated rings. The fraction of sp³-hybridized carbons (Fsp3) is 0.0930. The Morgan fingerprint density at radius 1 is 0.542 bits per heavy atom. The van der Waals surface area contributed by atoms with E-state index in [9.17, 15) is 13.2 Å². The van der Waals surface area contributed by atoms with Crippen LogP contribution >= 0.6 is 0 Å². The Labute approximate surface area is 275 Å². The van der Waals surface area contributed by atoms with E-state index in [4.69, 9.17) is 4.99 Å². The monoisotopic (exact) mass is 630 g/mol. The number of benzene rings is 7. The molecule has 5 heteroatoms. The van der Waals surface area contributed by atoms with Gasteiger partial charge in [0.15, 0.2) is 0 Å². The van der Waals surface area contributed by atoms with Crippen LogP contribution in [0.25, 0.3) is 49.0 Å². The summed E-state index contributed by atoms with van der Waals surface area (Å²) in [6.45, 7) is 0. The van der Waals surface area contributed by atoms with Crippen LogP contribution in [0.15, 0.2) is 151 Å². The largest absolute Gasteiger partial charge is 0.416 e. The van der Waals surface area contributed by atoms with Crippen LogP contribution in [0.1, 0.15) is 41.0 Å². The minimum absolute atomic E-state index is 0.130. The van der Waals surface area contributed by atoms with Crippen LogP contribution in [-0.4, -0.2) is 10.3 Å². The van der Waals surface area contributed by atoms with E-state index in [1.165, 1.54) is 22.9 Å². The first-order chi connectivity index (χ1) is 23.5. The number of fused-ring (bicyclic) bond motifs is 9. The van der Waals surface area contributed by atoms with Crippen molar-refractivity contribution in [1.82, 2.24) is 4.57 Å². The number of hydrogen-bond donors (Lipinski definition) is 0. The molecule has 48 heavy (non-hydrogen) atoms. The van der Waals surface area contributed by atoms with Gasteiger partial charge in [0.2, 0.25) is 0 Å². The molecule has 1 aromatic heterocycles. The molecule has 9 rings (SSSR count). The summed E-state index contributed by atoms with van der Waals surface area (Å²) >= 11 is 0. The summed E-state index contributed by atoms with van der Waals surface area (Å²) in [6, 6.07) is 47.9. The van der Waals surface area contributed by atoms with Gasteiger partial charge in [-0.3, -0.25) is 4.99 Å². The van der Waals surface area contributed by atoms with E-state index in [1.54, 1.807) is 12.1 Å². The van der Waals surface area contributed by atoms with Crippen LogP contribution < -0.4 is 0 Å². The summed E-state index contributed by atoms with van der Waals surface area (Å²) in [5, 5.41) is 6.81. The lowest BCUT2D eigenvalue weighted by molar-refractivity contribution is -0.137. The van der Waals surface area contributed by atoms with E-state index in [0.29, 0.717) is 12.8 Å². The number of alkyl halides is 3. The summed E-state index contributed by atoms with van der Waals surface area (Å²) in [5.74, 6) is -0.130. The summed E-state index contributed by atoms with van der Waals surface area (Å²) in [7, 11) is 0. The Kier molecular flexibility index (Phi) is 6.51. The zero-order valence-corrected chi connectivity index (χ0v) is 25.9. The van der Waals surface area contributed by atoms with Crippen molar-refractivity contribution in [2.45, 2.75) is 24.9 Å². The first-order valence-electron chi connectivity index (χ1n) is 16.2. The molecule has 0 aliphatic carbocycles. The molecule has 7 aromatic carbocycles. The van der Waals surface area contributed by atoms with Gasteiger partial charge < -0.3 is 4.57 Å². The first kappa shape index (κ1) is 28.5. The SMILES string of the molecule is FC(F)(F)c1ccc(C2CCC(c3ccc(-n4c5ccccc5c5ccccc54)cc3)=Nc3c2c2ccccc2c2ccccc32)cc1. The van der Waals surface area contributed by atoms with E-state index >= 15 is 0 Å². The molecule has 8 aromatic rings. The van der Waals surface area contributed by atoms with Crippen molar-refractivity contribution in [3.63, 3.8) is 0 Å². The number of rotatable bonds is 3. The van der Waals surface area contributed by atoms with E-state index < -0.39 is 11.7 Å². The van der Waals surface area contributed by atoms with E-state index in [1.807, 2.05) is 24.3 Å². The summed E-state index contributed by atoms with van der Waals surface area (Å²) < 4.78 is 42.9. The van der Waals surface area contributed by atoms with Crippen molar-refractivity contribution >= 4 is 54.7 Å². The molecule has 2 heterocycles. The van der Waals surface area contributed by atoms with Gasteiger partial charge in [-0.05, 0) is 82.1 Å². The van der Waals surface area contributed by atoms with Crippen LogP contribution in [0, 0.1) is 0 Å². The summed E-state index contributed by atoms with van der Waals surface area (Å²) in [5.41, 5.74) is 7.59. The minimum atomic E-state index is -4.38. The lowest BCUT2D eigenvalue weighted by atomic mass is 9.82. The third-order valence-electron chi connectivity index (χ3n) is 9.89. The van der Waals surface area contributed by atoms with Gasteiger partial charge in [-0.1, -0.05) is 109 Å². The van der Waals surface area contributed by atoms with Crippen LogP contribution in [0.4, 0.5) is 18.9 Å². The van der Waals surface area contributed by atoms with Crippen molar-refractivity contribution < 1.29 is 13.2 Å². The highest BCUT2D eigenvalue weighted by Gasteiger charge is 2.32. The molecule has 232 valence electrons. The maximum Gasteiger partial charge on any atom is 0.416 e. The predicted molar refractivity (Wildman–Crippen MR) is 191 cm³/mol. The Balaban J connectivity index is 1.21. The molecular formula is C43H29F3N2. The van der Waals surface area contributed by atoms with Crippen LogP contribution in [0.2, 0.25) is 0 Å². The van der Waals surface area contributed by atoms with Gasteiger partial charge in [0.25, 0.3) is 0 Å². The molecular weight excluding hydrogens is 601 g/mol. The number of aliphatic imine (C=N–C) groups is 1. The first-order valence-corrected chi connectivity index (χ1v) is 16.2. The number of aromatic nitrogens is 1. The molecule has 0 spiro atoms. The number of halogens is 3. The van der Waals surface area contributed by atoms with Crippen LogP contribution in [0.3, 0.4) is 0 Å². The second kappa shape index (κ2) is 11.0. The third kappa shape index (κ3) is 4.53. The maximum atomic E-state index is 13.5. The average molecular weight is 631 g/mol. The lowest BCUT2D eigenvalue weighted by Crippen LogP contribution is -2.07. The highest BCUT2D eigenvalue weighted by molar-refractivity contribution is 6.17. The third-order valence-corrected chi connectivity index (χ3v) is 9.89. The number of para-hydroxylation sites is 2. The number of nitrogens with zero attached hydrogens (tertiary/aromatic N) is 2. The fourth-order valence-electron chi connectivity index (χ4n) is 7.69. The Bertz CT molecular complexity index is 2490. The van der Waals surface area contributed by atoms with E-state index in [2.05, 4.69) is 102 Å². The lowest BCUT2D eigenvalue weighted by Gasteiger charge is -2.22. The van der Waals surface area contributed by atoms with Gasteiger partial charge in [0, 0.05) is 33.5 Å². The smallest absolute Gasteiger partial charge is 0.309 e. The molecule has 0 saturated carbocycles. The molecule has 0 saturated heterocycles. The zero-order valence-electron chi connectivity index (χ0n) is 25.9. The minimum Gasteiger partial charge on any atom is -0.309 e. The van der Waals surface area contributed by atoms with Gasteiger partial charge in [-0.15, -0.1) is 0 Å². The van der Waals surface area contributed by atoms with Crippen molar-refractivity contribution in [2.24, 2.45) is 4.99 Å². The molecule has 1 aliphatic rings. The van der Waals surface area contributed by atoms with E-state index in [0.717, 1.165) is 66.4 Å². The molecule has 0 bridgehead atoms. The van der Waals surface area contributed by atoms with Crippen molar-refractivity contribution in [1.29, 1.82) is 0 Å². The van der Waals surface area contributed by atoms with Gasteiger partial charge in [0.05, 0.1) is 22.3 Å². The van der Waals surface area contributed by atoms with E-state index in [-0.39, 0.29) is 5.92 Å². The van der Waals surface area contributed by atoms with Gasteiger partial charge in [0.1, 0.15) is 0 Å². The Morgan fingerprint density at radius 3 is 1.67 bits per heavy atom. The maximum absolute atomic E-state index is 13.5. The molecule has 1 atom stereocenters. The second-order valence-electron chi connectivity index (χ2n) is 12.5. The topological polar surface area (TPSA) is 17.3 Å². The standard InChI is InChI=1S/C43H29F3N2/c44-43(45,46)29-21-17-27(18-22-29)31-25-26-38(47-42-37-14-4-2-10-33(37)32-9-1-3-13-36(32)41(31)42)28-19-23-30(24-20-28)48-39-15-7-5-11-34(39)35-12-6-8-16-40(35)48/h1-24,31H,25-26H2. The molecule has 0 N–H and O–H groups in total. The Morgan fingerprint density at radius 2 is 1.06 bits per heavy atom. The van der Waals surface area contributed by atoms with Crippen molar-refractivity contribution in [3.05, 3.63) is 168 Å². The fourth-order valence-corrected chi connectivity index (χ4v) is 7.69. The van der Waals surface area contributed by atoms with Gasteiger partial charge in [-0.2, -0.15) is 13.2 Å². The summed E-state index contributed by atoms with van der Waals surface area (Å²) in [4.78, 5) is 5.44. The van der Waals surface area contributed by atoms with Crippen molar-refractivity contribution in [2.75, 3.05) is 0 Å². The molecule has 1 unspecified atom stereocenters. The molecule has 1 aliphatic heterocycles. The van der Waals surface area contributed by atoms with Crippen LogP contribution in [-0.2, 0) is 6.18 Å². The molecule has 0 radical (unpaired) electrons. The molecule has 0 amide bonds. The van der Waals surface area contributed by atoms with Crippen molar-refractivity contribution in [3.8, 4) is 5.69 Å². The average Bonchev–Trinajstić information content (AvgIpc) is 3.32. The molecule has 2 nitrogen and oxygen atoms in total. The number of hydrogen-bond acceptors (Lipinski definition) is 1. The highest BCUT2D eigenvalue weighted by Crippen LogP contribution is 2.48. The normalized spacial score (nSPS) is 15.1. The highest BCUT2D eigenvalue weighted by atomic mass is 19.4.